The van der Waals surface area contributed by atoms with Crippen LogP contribution in [0, 0.1) is 0 Å². The molecule has 3 aromatic rings. The number of hydrogen-bond acceptors (Lipinski definition) is 7. The third-order valence-electron chi connectivity index (χ3n) is 4.94. The van der Waals surface area contributed by atoms with Gasteiger partial charge in [-0.15, -0.1) is 10.2 Å². The van der Waals surface area contributed by atoms with E-state index in [9.17, 15) is 4.79 Å². The van der Waals surface area contributed by atoms with Crippen molar-refractivity contribution in [2.75, 3.05) is 19.1 Å². The van der Waals surface area contributed by atoms with Gasteiger partial charge in [-0.3, -0.25) is 4.79 Å². The van der Waals surface area contributed by atoms with Gasteiger partial charge in [-0.1, -0.05) is 54.4 Å². The Morgan fingerprint density at radius 3 is 2.81 bits per heavy atom. The maximum absolute atomic E-state index is 12.4. The maximum Gasteiger partial charge on any atom is 0.277 e. The van der Waals surface area contributed by atoms with Crippen LogP contribution in [0.15, 0.2) is 46.0 Å². The molecule has 0 bridgehead atoms. The summed E-state index contributed by atoms with van der Waals surface area (Å²) in [7, 11) is 0. The Labute approximate surface area is 199 Å². The molecule has 1 amide bonds. The molecule has 2 aromatic carbocycles. The summed E-state index contributed by atoms with van der Waals surface area (Å²) in [4.78, 5) is 12.4. The third kappa shape index (κ3) is 5.49. The number of nitrogens with zero attached hydrogens (tertiary/aromatic N) is 2. The second kappa shape index (κ2) is 10.5. The Morgan fingerprint density at radius 1 is 1.16 bits per heavy atom. The molecular weight excluding hydrogens is 473 g/mol. The van der Waals surface area contributed by atoms with Crippen LogP contribution in [0.2, 0.25) is 10.0 Å². The molecule has 10 heteroatoms. The van der Waals surface area contributed by atoms with E-state index in [4.69, 9.17) is 37.1 Å². The number of rotatable bonds is 9. The van der Waals surface area contributed by atoms with Gasteiger partial charge >= 0.3 is 0 Å². The fourth-order valence-corrected chi connectivity index (χ4v) is 4.53. The number of benzene rings is 2. The largest absolute Gasteiger partial charge is 0.454 e. The average molecular weight is 494 g/mol. The van der Waals surface area contributed by atoms with Crippen molar-refractivity contribution in [3.63, 3.8) is 0 Å². The van der Waals surface area contributed by atoms with Gasteiger partial charge in [0.2, 0.25) is 18.6 Å². The smallest absolute Gasteiger partial charge is 0.277 e. The molecule has 32 heavy (non-hydrogen) atoms. The summed E-state index contributed by atoms with van der Waals surface area (Å²) in [6.07, 6.45) is 1.87. The van der Waals surface area contributed by atoms with E-state index in [2.05, 4.69) is 22.4 Å². The van der Waals surface area contributed by atoms with E-state index in [0.717, 1.165) is 24.0 Å². The second-order valence-corrected chi connectivity index (χ2v) is 8.96. The first-order valence-corrected chi connectivity index (χ1v) is 11.9. The molecule has 0 spiro atoms. The highest BCUT2D eigenvalue weighted by Gasteiger charge is 2.18. The van der Waals surface area contributed by atoms with Crippen molar-refractivity contribution in [2.45, 2.75) is 30.9 Å². The van der Waals surface area contributed by atoms with Crippen molar-refractivity contribution < 1.29 is 18.7 Å². The van der Waals surface area contributed by atoms with Crippen LogP contribution in [0.25, 0.3) is 11.5 Å². The van der Waals surface area contributed by atoms with E-state index in [1.54, 1.807) is 18.2 Å². The minimum Gasteiger partial charge on any atom is -0.454 e. The van der Waals surface area contributed by atoms with Crippen molar-refractivity contribution >= 4 is 40.9 Å². The fraction of sp³-hybridized carbons (Fsp3) is 0.318. The number of aromatic nitrogens is 2. The fourth-order valence-electron chi connectivity index (χ4n) is 3.38. The van der Waals surface area contributed by atoms with Crippen LogP contribution in [0.1, 0.15) is 31.2 Å². The molecule has 4 rings (SSSR count). The van der Waals surface area contributed by atoms with Crippen LogP contribution in [-0.4, -0.2) is 35.2 Å². The van der Waals surface area contributed by atoms with Crippen LogP contribution < -0.4 is 14.8 Å². The summed E-state index contributed by atoms with van der Waals surface area (Å²) in [5, 5.41) is 12.6. The van der Waals surface area contributed by atoms with Gasteiger partial charge in [0, 0.05) is 28.1 Å². The van der Waals surface area contributed by atoms with E-state index < -0.39 is 0 Å². The molecule has 0 radical (unpaired) electrons. The Bertz CT molecular complexity index is 1110. The van der Waals surface area contributed by atoms with Gasteiger partial charge in [0.15, 0.2) is 11.5 Å². The summed E-state index contributed by atoms with van der Waals surface area (Å²) >= 11 is 13.5. The van der Waals surface area contributed by atoms with Crippen LogP contribution in [-0.2, 0) is 4.79 Å². The van der Waals surface area contributed by atoms with E-state index in [1.165, 1.54) is 11.8 Å². The number of fused-ring (bicyclic) bond motifs is 1. The van der Waals surface area contributed by atoms with Crippen molar-refractivity contribution in [2.24, 2.45) is 0 Å². The maximum atomic E-state index is 12.4. The standard InChI is InChI=1S/C22H21Cl2N3O4S/c1-2-3-14(16-6-5-15(23)9-17(16)24)10-25-20(28)11-32-22-27-26-21(31-22)13-4-7-18-19(8-13)30-12-29-18/h4-9,14H,2-3,10-12H2,1H3,(H,25,28)/t14-/m0/s1. The Balaban J connectivity index is 1.31. The van der Waals surface area contributed by atoms with Crippen molar-refractivity contribution in [3.05, 3.63) is 52.0 Å². The van der Waals surface area contributed by atoms with E-state index in [-0.39, 0.29) is 24.4 Å². The van der Waals surface area contributed by atoms with Crippen LogP contribution in [0.4, 0.5) is 0 Å². The number of thioether (sulfide) groups is 1. The van der Waals surface area contributed by atoms with E-state index in [1.807, 2.05) is 18.2 Å². The molecule has 168 valence electrons. The van der Waals surface area contributed by atoms with Gasteiger partial charge in [-0.2, -0.15) is 0 Å². The summed E-state index contributed by atoms with van der Waals surface area (Å²) in [6.45, 7) is 2.78. The number of halogens is 2. The predicted octanol–water partition coefficient (Wildman–Crippen LogP) is 5.56. The minimum absolute atomic E-state index is 0.111. The molecule has 2 heterocycles. The molecule has 1 atom stereocenters. The van der Waals surface area contributed by atoms with Gasteiger partial charge in [0.25, 0.3) is 5.22 Å². The highest BCUT2D eigenvalue weighted by atomic mass is 35.5. The highest BCUT2D eigenvalue weighted by Crippen LogP contribution is 2.36. The van der Waals surface area contributed by atoms with Gasteiger partial charge in [-0.05, 0) is 42.3 Å². The number of nitrogens with one attached hydrogen (secondary N) is 1. The number of hydrogen-bond donors (Lipinski definition) is 1. The molecule has 7 nitrogen and oxygen atoms in total. The first-order valence-electron chi connectivity index (χ1n) is 10.1. The Kier molecular flexibility index (Phi) is 7.44. The summed E-state index contributed by atoms with van der Waals surface area (Å²) < 4.78 is 16.3. The molecule has 1 aliphatic rings. The zero-order valence-corrected chi connectivity index (χ0v) is 19.6. The van der Waals surface area contributed by atoms with Crippen molar-refractivity contribution in [1.82, 2.24) is 15.5 Å². The number of carbonyl (C=O) groups is 1. The van der Waals surface area contributed by atoms with Crippen LogP contribution >= 0.6 is 35.0 Å². The lowest BCUT2D eigenvalue weighted by molar-refractivity contribution is -0.118. The Hall–Kier alpha value is -2.42. The lowest BCUT2D eigenvalue weighted by Gasteiger charge is -2.19. The molecular formula is C22H21Cl2N3O4S. The number of ether oxygens (including phenoxy) is 2. The topological polar surface area (TPSA) is 86.5 Å². The molecule has 1 aliphatic heterocycles. The normalized spacial score (nSPS) is 13.2. The highest BCUT2D eigenvalue weighted by molar-refractivity contribution is 7.99. The molecule has 0 aliphatic carbocycles. The van der Waals surface area contributed by atoms with Crippen molar-refractivity contribution in [3.8, 4) is 23.0 Å². The molecule has 0 saturated heterocycles. The van der Waals surface area contributed by atoms with Crippen molar-refractivity contribution in [1.29, 1.82) is 0 Å². The summed E-state index contributed by atoms with van der Waals surface area (Å²) in [6, 6.07) is 10.9. The van der Waals surface area contributed by atoms with E-state index in [0.29, 0.717) is 39.2 Å². The van der Waals surface area contributed by atoms with Crippen LogP contribution in [0.3, 0.4) is 0 Å². The quantitative estimate of drug-likeness (QED) is 0.390. The predicted molar refractivity (Wildman–Crippen MR) is 124 cm³/mol. The third-order valence-corrected chi connectivity index (χ3v) is 6.32. The van der Waals surface area contributed by atoms with Gasteiger partial charge < -0.3 is 19.2 Å². The van der Waals surface area contributed by atoms with Crippen LogP contribution in [0.5, 0.6) is 11.5 Å². The zero-order valence-electron chi connectivity index (χ0n) is 17.3. The number of amides is 1. The Morgan fingerprint density at radius 2 is 2.00 bits per heavy atom. The first kappa shape index (κ1) is 22.8. The van der Waals surface area contributed by atoms with Gasteiger partial charge in [-0.25, -0.2) is 0 Å². The summed E-state index contributed by atoms with van der Waals surface area (Å²) in [5.41, 5.74) is 1.71. The molecule has 0 saturated carbocycles. The van der Waals surface area contributed by atoms with E-state index >= 15 is 0 Å². The lowest BCUT2D eigenvalue weighted by Crippen LogP contribution is -2.30. The monoisotopic (exact) mass is 493 g/mol. The molecule has 0 fully saturated rings. The van der Waals surface area contributed by atoms with Gasteiger partial charge in [0.1, 0.15) is 0 Å². The molecule has 1 aromatic heterocycles. The average Bonchev–Trinajstić information content (AvgIpc) is 3.44. The molecule has 1 N–H and O–H groups in total. The summed E-state index contributed by atoms with van der Waals surface area (Å²) in [5.74, 6) is 1.82. The second-order valence-electron chi connectivity index (χ2n) is 7.19. The zero-order chi connectivity index (χ0) is 22.5. The number of carbonyl (C=O) groups excluding carboxylic acids is 1. The van der Waals surface area contributed by atoms with Gasteiger partial charge in [0.05, 0.1) is 5.75 Å². The SMILES string of the molecule is CCC[C@@H](CNC(=O)CSc1nnc(-c2ccc3c(c2)OCO3)o1)c1ccc(Cl)cc1Cl. The lowest BCUT2D eigenvalue weighted by atomic mass is 9.94. The minimum atomic E-state index is -0.121. The molecule has 0 unspecified atom stereocenters. The first-order chi connectivity index (χ1) is 15.5.